The minimum Gasteiger partial charge on any atom is -0.454 e. The summed E-state index contributed by atoms with van der Waals surface area (Å²) in [5, 5.41) is 0. The summed E-state index contributed by atoms with van der Waals surface area (Å²) in [6.45, 7) is 3.04. The molecule has 0 fully saturated rings. The maximum absolute atomic E-state index is 14.4. The lowest BCUT2D eigenvalue weighted by atomic mass is 10.2. The van der Waals surface area contributed by atoms with Crippen LogP contribution in [0.1, 0.15) is 17.3 Å². The Kier molecular flexibility index (Phi) is 5.10. The first-order chi connectivity index (χ1) is 13.6. The minimum atomic E-state index is -0.709. The first-order valence-electron chi connectivity index (χ1n) is 8.61. The van der Waals surface area contributed by atoms with E-state index in [1.807, 2.05) is 6.92 Å². The Morgan fingerprint density at radius 3 is 2.89 bits per heavy atom. The fraction of sp³-hybridized carbons (Fsp3) is 0.263. The molecule has 1 amide bonds. The van der Waals surface area contributed by atoms with Crippen LogP contribution in [-0.4, -0.2) is 30.5 Å². The number of amides is 1. The highest BCUT2D eigenvalue weighted by Gasteiger charge is 2.17. The van der Waals surface area contributed by atoms with Crippen LogP contribution in [0.5, 0.6) is 11.5 Å². The van der Waals surface area contributed by atoms with Crippen molar-refractivity contribution in [2.45, 2.75) is 13.5 Å². The highest BCUT2D eigenvalue weighted by Crippen LogP contribution is 2.32. The fourth-order valence-corrected chi connectivity index (χ4v) is 4.00. The molecule has 4 rings (SSSR count). The van der Waals surface area contributed by atoms with Crippen LogP contribution in [-0.2, 0) is 11.3 Å². The molecule has 2 heterocycles. The van der Waals surface area contributed by atoms with Crippen molar-refractivity contribution in [3.05, 3.63) is 52.3 Å². The molecule has 0 spiro atoms. The molecule has 0 saturated heterocycles. The summed E-state index contributed by atoms with van der Waals surface area (Å²) in [4.78, 5) is 17.1. The molecular weight excluding hydrogens is 390 g/mol. The Bertz CT molecular complexity index is 1120. The maximum Gasteiger partial charge on any atom is 0.279 e. The molecule has 0 aliphatic carbocycles. The molecule has 0 saturated carbocycles. The normalized spacial score (nSPS) is 13.5. The van der Waals surface area contributed by atoms with E-state index < -0.39 is 17.5 Å². The summed E-state index contributed by atoms with van der Waals surface area (Å²) in [5.74, 6) is -0.884. The van der Waals surface area contributed by atoms with Crippen molar-refractivity contribution < 1.29 is 27.8 Å². The van der Waals surface area contributed by atoms with E-state index in [4.69, 9.17) is 14.2 Å². The molecule has 2 aromatic carbocycles. The summed E-state index contributed by atoms with van der Waals surface area (Å²) in [7, 11) is 0. The van der Waals surface area contributed by atoms with Gasteiger partial charge in [0.25, 0.3) is 5.91 Å². The van der Waals surface area contributed by atoms with Crippen LogP contribution in [0, 0.1) is 11.6 Å². The highest BCUT2D eigenvalue weighted by atomic mass is 32.1. The van der Waals surface area contributed by atoms with Gasteiger partial charge in [0, 0.05) is 24.8 Å². The fourth-order valence-electron chi connectivity index (χ4n) is 2.90. The molecule has 9 heteroatoms. The van der Waals surface area contributed by atoms with Gasteiger partial charge in [-0.1, -0.05) is 11.3 Å². The molecule has 28 heavy (non-hydrogen) atoms. The Morgan fingerprint density at radius 2 is 2.07 bits per heavy atom. The van der Waals surface area contributed by atoms with E-state index in [1.165, 1.54) is 10.6 Å². The molecule has 0 atom stereocenters. The molecule has 0 bridgehead atoms. The van der Waals surface area contributed by atoms with Crippen molar-refractivity contribution in [2.24, 2.45) is 4.99 Å². The first kappa shape index (κ1) is 18.6. The Balaban J connectivity index is 1.78. The van der Waals surface area contributed by atoms with Crippen LogP contribution in [0.15, 0.2) is 35.3 Å². The number of thiazole rings is 1. The highest BCUT2D eigenvalue weighted by molar-refractivity contribution is 7.16. The zero-order valence-corrected chi connectivity index (χ0v) is 15.7. The summed E-state index contributed by atoms with van der Waals surface area (Å²) in [6, 6.07) is 6.80. The monoisotopic (exact) mass is 406 g/mol. The second kappa shape index (κ2) is 7.69. The molecule has 0 radical (unpaired) electrons. The van der Waals surface area contributed by atoms with E-state index in [1.54, 1.807) is 18.2 Å². The van der Waals surface area contributed by atoms with E-state index >= 15 is 0 Å². The lowest BCUT2D eigenvalue weighted by Gasteiger charge is -2.06. The summed E-state index contributed by atoms with van der Waals surface area (Å²) >= 11 is 1.04. The second-order valence-electron chi connectivity index (χ2n) is 5.95. The van der Waals surface area contributed by atoms with Gasteiger partial charge in [0.15, 0.2) is 22.1 Å². The first-order valence-corrected chi connectivity index (χ1v) is 9.43. The van der Waals surface area contributed by atoms with Crippen molar-refractivity contribution >= 4 is 27.5 Å². The number of halogens is 2. The van der Waals surface area contributed by atoms with E-state index in [0.717, 1.165) is 17.4 Å². The third-order valence-electron chi connectivity index (χ3n) is 4.18. The molecule has 1 aliphatic rings. The number of hydrogen-bond acceptors (Lipinski definition) is 5. The van der Waals surface area contributed by atoms with Crippen molar-refractivity contribution in [1.29, 1.82) is 0 Å². The third kappa shape index (κ3) is 3.50. The van der Waals surface area contributed by atoms with Gasteiger partial charge in [-0.05, 0) is 31.2 Å². The number of carbonyl (C=O) groups excluding carboxylic acids is 1. The number of nitrogens with zero attached hydrogens (tertiary/aromatic N) is 2. The van der Waals surface area contributed by atoms with E-state index in [-0.39, 0.29) is 23.7 Å². The molecule has 1 aromatic heterocycles. The Hall–Kier alpha value is -2.78. The van der Waals surface area contributed by atoms with Gasteiger partial charge in [0.1, 0.15) is 5.82 Å². The van der Waals surface area contributed by atoms with Gasteiger partial charge in [-0.15, -0.1) is 0 Å². The zero-order chi connectivity index (χ0) is 19.7. The predicted molar refractivity (Wildman–Crippen MR) is 98.7 cm³/mol. The number of aromatic nitrogens is 1. The van der Waals surface area contributed by atoms with Crippen molar-refractivity contribution in [2.75, 3.05) is 20.0 Å². The summed E-state index contributed by atoms with van der Waals surface area (Å²) < 4.78 is 45.8. The molecule has 1 aliphatic heterocycles. The molecule has 0 N–H and O–H groups in total. The minimum absolute atomic E-state index is 0.0999. The van der Waals surface area contributed by atoms with Gasteiger partial charge >= 0.3 is 0 Å². The van der Waals surface area contributed by atoms with E-state index in [0.29, 0.717) is 35.0 Å². The number of ether oxygens (including phenoxy) is 3. The maximum atomic E-state index is 14.4. The molecule has 146 valence electrons. The molecule has 0 unspecified atom stereocenters. The topological polar surface area (TPSA) is 62.1 Å². The van der Waals surface area contributed by atoms with Crippen molar-refractivity contribution in [3.8, 4) is 11.5 Å². The van der Waals surface area contributed by atoms with Gasteiger partial charge in [-0.3, -0.25) is 4.79 Å². The van der Waals surface area contributed by atoms with Gasteiger partial charge in [-0.2, -0.15) is 4.99 Å². The van der Waals surface area contributed by atoms with Crippen LogP contribution in [0.3, 0.4) is 0 Å². The quantitative estimate of drug-likeness (QED) is 0.609. The van der Waals surface area contributed by atoms with E-state index in [2.05, 4.69) is 4.99 Å². The Morgan fingerprint density at radius 1 is 1.25 bits per heavy atom. The average Bonchev–Trinajstić information content (AvgIpc) is 3.26. The summed E-state index contributed by atoms with van der Waals surface area (Å²) in [5.41, 5.74) is 0.507. The van der Waals surface area contributed by atoms with Crippen LogP contribution >= 0.6 is 11.3 Å². The van der Waals surface area contributed by atoms with Crippen LogP contribution in [0.2, 0.25) is 0 Å². The van der Waals surface area contributed by atoms with E-state index in [9.17, 15) is 13.6 Å². The van der Waals surface area contributed by atoms with Gasteiger partial charge in [0.05, 0.1) is 16.8 Å². The number of fused-ring (bicyclic) bond motifs is 2. The van der Waals surface area contributed by atoms with Crippen LogP contribution in [0.4, 0.5) is 8.78 Å². The van der Waals surface area contributed by atoms with Crippen LogP contribution in [0.25, 0.3) is 10.2 Å². The SMILES string of the molecule is CCOCCn1c(=NC(=O)c2ccc3c(c2)OCO3)sc2cc(F)cc(F)c21. The Labute approximate surface area is 162 Å². The number of hydrogen-bond donors (Lipinski definition) is 0. The third-order valence-corrected chi connectivity index (χ3v) is 5.20. The molecule has 3 aromatic rings. The molecule has 6 nitrogen and oxygen atoms in total. The van der Waals surface area contributed by atoms with Crippen molar-refractivity contribution in [3.63, 3.8) is 0 Å². The smallest absolute Gasteiger partial charge is 0.279 e. The standard InChI is InChI=1S/C19H16F2N2O4S/c1-2-25-6-5-23-17-13(21)8-12(20)9-16(17)28-19(23)22-18(24)11-3-4-14-15(7-11)27-10-26-14/h3-4,7-9H,2,5-6,10H2,1H3. The average molecular weight is 406 g/mol. The lowest BCUT2D eigenvalue weighted by Crippen LogP contribution is -2.20. The lowest BCUT2D eigenvalue weighted by molar-refractivity contribution is 0.0996. The van der Waals surface area contributed by atoms with Gasteiger partial charge in [-0.25, -0.2) is 8.78 Å². The van der Waals surface area contributed by atoms with Crippen molar-refractivity contribution in [1.82, 2.24) is 4.57 Å². The number of carbonyl (C=O) groups is 1. The summed E-state index contributed by atoms with van der Waals surface area (Å²) in [6.07, 6.45) is 0. The molecular formula is C19H16F2N2O4S. The zero-order valence-electron chi connectivity index (χ0n) is 14.9. The largest absolute Gasteiger partial charge is 0.454 e. The van der Waals surface area contributed by atoms with Gasteiger partial charge in [0.2, 0.25) is 6.79 Å². The van der Waals surface area contributed by atoms with Gasteiger partial charge < -0.3 is 18.8 Å². The predicted octanol–water partition coefficient (Wildman–Crippen LogP) is 3.49. The number of benzene rings is 2. The second-order valence-corrected chi connectivity index (χ2v) is 6.96. The van der Waals surface area contributed by atoms with Crippen LogP contribution < -0.4 is 14.3 Å². The number of rotatable bonds is 5.